The van der Waals surface area contributed by atoms with E-state index < -0.39 is 0 Å². The van der Waals surface area contributed by atoms with Gasteiger partial charge >= 0.3 is 0 Å². The van der Waals surface area contributed by atoms with Crippen molar-refractivity contribution in [1.29, 1.82) is 0 Å². The lowest BCUT2D eigenvalue weighted by Crippen LogP contribution is -2.25. The number of ether oxygens (including phenoxy) is 1. The van der Waals surface area contributed by atoms with E-state index in [1.54, 1.807) is 0 Å². The fourth-order valence-corrected chi connectivity index (χ4v) is 2.41. The molecule has 2 aromatic rings. The van der Waals surface area contributed by atoms with Gasteiger partial charge in [0.1, 0.15) is 0 Å². The summed E-state index contributed by atoms with van der Waals surface area (Å²) in [5.41, 5.74) is 4.07. The van der Waals surface area contributed by atoms with Gasteiger partial charge in [0.05, 0.1) is 24.1 Å². The van der Waals surface area contributed by atoms with Crippen LogP contribution in [-0.4, -0.2) is 28.4 Å². The largest absolute Gasteiger partial charge is 0.378 e. The third-order valence-corrected chi connectivity index (χ3v) is 3.68. The number of para-hydroxylation sites is 1. The molecule has 1 N–H and O–H groups in total. The molecule has 0 spiro atoms. The van der Waals surface area contributed by atoms with Crippen LogP contribution in [0.5, 0.6) is 0 Å². The maximum absolute atomic E-state index is 11.9. The Hall–Kier alpha value is -2.14. The number of carbonyl (C=O) groups excluding carboxylic acids is 1. The fourth-order valence-electron chi connectivity index (χ4n) is 2.41. The predicted octanol–water partition coefficient (Wildman–Crippen LogP) is 2.92. The SMILES string of the molecule is Cc1nn(-c2ccccc2)c(C)c1CNC(=O)CCOC(C)C. The second-order valence-electron chi connectivity index (χ2n) is 5.84. The minimum atomic E-state index is -0.00286. The molecule has 124 valence electrons. The van der Waals surface area contributed by atoms with Crippen LogP contribution in [0.3, 0.4) is 0 Å². The van der Waals surface area contributed by atoms with Gasteiger partial charge in [0, 0.05) is 24.2 Å². The Bertz CT molecular complexity index is 648. The highest BCUT2D eigenvalue weighted by Gasteiger charge is 2.13. The molecule has 0 saturated carbocycles. The second kappa shape index (κ2) is 7.92. The molecule has 1 aromatic carbocycles. The van der Waals surface area contributed by atoms with Crippen LogP contribution < -0.4 is 5.32 Å². The van der Waals surface area contributed by atoms with Crippen molar-refractivity contribution in [2.24, 2.45) is 0 Å². The molecule has 0 aliphatic heterocycles. The first-order chi connectivity index (χ1) is 11.0. The molecule has 1 amide bonds. The summed E-state index contributed by atoms with van der Waals surface area (Å²) in [4.78, 5) is 11.9. The lowest BCUT2D eigenvalue weighted by atomic mass is 10.2. The van der Waals surface area contributed by atoms with Gasteiger partial charge in [-0.1, -0.05) is 18.2 Å². The van der Waals surface area contributed by atoms with Crippen molar-refractivity contribution in [1.82, 2.24) is 15.1 Å². The summed E-state index contributed by atoms with van der Waals surface area (Å²) < 4.78 is 7.31. The van der Waals surface area contributed by atoms with Gasteiger partial charge in [0.15, 0.2) is 0 Å². The molecule has 0 bridgehead atoms. The molecule has 0 aliphatic carbocycles. The molecule has 0 unspecified atom stereocenters. The van der Waals surface area contributed by atoms with Crippen LogP contribution in [-0.2, 0) is 16.1 Å². The first kappa shape index (κ1) is 17.2. The number of rotatable bonds is 7. The van der Waals surface area contributed by atoms with Gasteiger partial charge in [-0.25, -0.2) is 4.68 Å². The fraction of sp³-hybridized carbons (Fsp3) is 0.444. The molecule has 0 aliphatic rings. The molecular weight excluding hydrogens is 290 g/mol. The Morgan fingerprint density at radius 1 is 1.26 bits per heavy atom. The Labute approximate surface area is 137 Å². The van der Waals surface area contributed by atoms with E-state index in [4.69, 9.17) is 4.74 Å². The number of nitrogens with zero attached hydrogens (tertiary/aromatic N) is 2. The minimum absolute atomic E-state index is 0.00286. The average Bonchev–Trinajstić information content (AvgIpc) is 2.80. The summed E-state index contributed by atoms with van der Waals surface area (Å²) in [6.07, 6.45) is 0.528. The third-order valence-electron chi connectivity index (χ3n) is 3.68. The van der Waals surface area contributed by atoms with Gasteiger partial charge in [-0.15, -0.1) is 0 Å². The first-order valence-electron chi connectivity index (χ1n) is 7.98. The van der Waals surface area contributed by atoms with Crippen molar-refractivity contribution in [2.45, 2.75) is 46.8 Å². The molecule has 5 heteroatoms. The zero-order chi connectivity index (χ0) is 16.8. The third kappa shape index (κ3) is 4.66. The van der Waals surface area contributed by atoms with Crippen molar-refractivity contribution in [3.8, 4) is 5.69 Å². The standard InChI is InChI=1S/C18H25N3O2/c1-13(2)23-11-10-18(22)19-12-17-14(3)20-21(15(17)4)16-8-6-5-7-9-16/h5-9,13H,10-12H2,1-4H3,(H,19,22). The van der Waals surface area contributed by atoms with Crippen LogP contribution in [0, 0.1) is 13.8 Å². The Balaban J connectivity index is 1.99. The summed E-state index contributed by atoms with van der Waals surface area (Å²) in [6.45, 7) is 8.85. The maximum atomic E-state index is 11.9. The van der Waals surface area contributed by atoms with E-state index in [-0.39, 0.29) is 12.0 Å². The second-order valence-corrected chi connectivity index (χ2v) is 5.84. The zero-order valence-electron chi connectivity index (χ0n) is 14.3. The molecule has 1 heterocycles. The van der Waals surface area contributed by atoms with Gasteiger partial charge in [-0.2, -0.15) is 5.10 Å². The monoisotopic (exact) mass is 315 g/mol. The van der Waals surface area contributed by atoms with Gasteiger partial charge in [-0.05, 0) is 39.8 Å². The molecule has 1 aromatic heterocycles. The van der Waals surface area contributed by atoms with E-state index >= 15 is 0 Å². The van der Waals surface area contributed by atoms with E-state index in [1.165, 1.54) is 0 Å². The van der Waals surface area contributed by atoms with Crippen molar-refractivity contribution in [3.05, 3.63) is 47.3 Å². The number of nitrogens with one attached hydrogen (secondary N) is 1. The minimum Gasteiger partial charge on any atom is -0.378 e. The van der Waals surface area contributed by atoms with Crippen molar-refractivity contribution in [2.75, 3.05) is 6.61 Å². The number of aryl methyl sites for hydroxylation is 1. The summed E-state index contributed by atoms with van der Waals surface area (Å²) >= 11 is 0. The van der Waals surface area contributed by atoms with E-state index in [0.29, 0.717) is 19.6 Å². The van der Waals surface area contributed by atoms with Gasteiger partial charge in [-0.3, -0.25) is 4.79 Å². The summed E-state index contributed by atoms with van der Waals surface area (Å²) in [6, 6.07) is 10.00. The van der Waals surface area contributed by atoms with E-state index in [1.807, 2.05) is 62.7 Å². The van der Waals surface area contributed by atoms with Crippen molar-refractivity contribution < 1.29 is 9.53 Å². The molecular formula is C18H25N3O2. The number of amides is 1. The van der Waals surface area contributed by atoms with Crippen LogP contribution in [0.2, 0.25) is 0 Å². The quantitative estimate of drug-likeness (QED) is 0.854. The van der Waals surface area contributed by atoms with E-state index in [9.17, 15) is 4.79 Å². The predicted molar refractivity (Wildman–Crippen MR) is 90.6 cm³/mol. The topological polar surface area (TPSA) is 56.2 Å². The molecule has 2 rings (SSSR count). The number of hydrogen-bond donors (Lipinski definition) is 1. The Kier molecular flexibility index (Phi) is 5.93. The molecule has 0 atom stereocenters. The Morgan fingerprint density at radius 3 is 2.61 bits per heavy atom. The van der Waals surface area contributed by atoms with Crippen LogP contribution in [0.15, 0.2) is 30.3 Å². The molecule has 0 radical (unpaired) electrons. The lowest BCUT2D eigenvalue weighted by molar-refractivity contribution is -0.122. The molecule has 23 heavy (non-hydrogen) atoms. The summed E-state index contributed by atoms with van der Waals surface area (Å²) in [5, 5.41) is 7.53. The van der Waals surface area contributed by atoms with Crippen LogP contribution in [0.4, 0.5) is 0 Å². The number of carbonyl (C=O) groups is 1. The summed E-state index contributed by atoms with van der Waals surface area (Å²) in [7, 11) is 0. The van der Waals surface area contributed by atoms with E-state index in [2.05, 4.69) is 10.4 Å². The zero-order valence-corrected chi connectivity index (χ0v) is 14.3. The lowest BCUT2D eigenvalue weighted by Gasteiger charge is -2.09. The number of hydrogen-bond acceptors (Lipinski definition) is 3. The average molecular weight is 315 g/mol. The van der Waals surface area contributed by atoms with Gasteiger partial charge < -0.3 is 10.1 Å². The molecule has 0 saturated heterocycles. The highest BCUT2D eigenvalue weighted by molar-refractivity contribution is 5.76. The van der Waals surface area contributed by atoms with Crippen LogP contribution in [0.25, 0.3) is 5.69 Å². The van der Waals surface area contributed by atoms with Gasteiger partial charge in [0.25, 0.3) is 0 Å². The highest BCUT2D eigenvalue weighted by atomic mass is 16.5. The van der Waals surface area contributed by atoms with Crippen LogP contribution >= 0.6 is 0 Å². The normalized spacial score (nSPS) is 11.0. The molecule has 5 nitrogen and oxygen atoms in total. The van der Waals surface area contributed by atoms with Crippen LogP contribution in [0.1, 0.15) is 37.2 Å². The first-order valence-corrected chi connectivity index (χ1v) is 7.98. The number of aromatic nitrogens is 2. The molecule has 0 fully saturated rings. The maximum Gasteiger partial charge on any atom is 0.222 e. The summed E-state index contributed by atoms with van der Waals surface area (Å²) in [5.74, 6) is -0.00286. The Morgan fingerprint density at radius 2 is 1.96 bits per heavy atom. The number of benzene rings is 1. The smallest absolute Gasteiger partial charge is 0.222 e. The van der Waals surface area contributed by atoms with Crippen molar-refractivity contribution in [3.63, 3.8) is 0 Å². The van der Waals surface area contributed by atoms with E-state index in [0.717, 1.165) is 22.6 Å². The highest BCUT2D eigenvalue weighted by Crippen LogP contribution is 2.17. The van der Waals surface area contributed by atoms with Crippen molar-refractivity contribution >= 4 is 5.91 Å². The van der Waals surface area contributed by atoms with Gasteiger partial charge in [0.2, 0.25) is 5.91 Å².